The van der Waals surface area contributed by atoms with Gasteiger partial charge in [-0.2, -0.15) is 5.10 Å². The summed E-state index contributed by atoms with van der Waals surface area (Å²) in [7, 11) is 1.80. The molecular formula is C23H16ClN3O. The molecule has 2 aromatic heterocycles. The van der Waals surface area contributed by atoms with E-state index in [0.717, 1.165) is 27.7 Å². The second kappa shape index (κ2) is 6.36. The Morgan fingerprint density at radius 3 is 2.43 bits per heavy atom. The first kappa shape index (κ1) is 16.8. The highest BCUT2D eigenvalue weighted by molar-refractivity contribution is 6.30. The van der Waals surface area contributed by atoms with Crippen LogP contribution in [0.4, 0.5) is 0 Å². The Hall–Kier alpha value is -3.37. The van der Waals surface area contributed by atoms with Crippen molar-refractivity contribution in [1.82, 2.24) is 14.3 Å². The van der Waals surface area contributed by atoms with Crippen molar-refractivity contribution in [1.29, 1.82) is 0 Å². The molecule has 0 saturated carbocycles. The average Bonchev–Trinajstić information content (AvgIpc) is 3.14. The van der Waals surface area contributed by atoms with Gasteiger partial charge in [0.15, 0.2) is 0 Å². The maximum Gasteiger partial charge on any atom is 0.262 e. The summed E-state index contributed by atoms with van der Waals surface area (Å²) >= 11 is 6.24. The van der Waals surface area contributed by atoms with Crippen molar-refractivity contribution in [2.45, 2.75) is 0 Å². The molecule has 3 aromatic carbocycles. The zero-order valence-electron chi connectivity index (χ0n) is 15.1. The lowest BCUT2D eigenvalue weighted by Gasteiger charge is -2.09. The highest BCUT2D eigenvalue weighted by Crippen LogP contribution is 2.32. The summed E-state index contributed by atoms with van der Waals surface area (Å²) in [5, 5.41) is 7.06. The average molecular weight is 386 g/mol. The number of para-hydroxylation sites is 1. The van der Waals surface area contributed by atoms with Crippen molar-refractivity contribution in [2.24, 2.45) is 7.05 Å². The monoisotopic (exact) mass is 385 g/mol. The molecule has 4 nitrogen and oxygen atoms in total. The number of hydrogen-bond donors (Lipinski definition) is 0. The van der Waals surface area contributed by atoms with Crippen LogP contribution in [0.15, 0.2) is 83.7 Å². The zero-order valence-corrected chi connectivity index (χ0v) is 15.9. The summed E-state index contributed by atoms with van der Waals surface area (Å²) in [6.07, 6.45) is 0. The number of fused-ring (bicyclic) bond motifs is 3. The van der Waals surface area contributed by atoms with Crippen molar-refractivity contribution >= 4 is 33.4 Å². The highest BCUT2D eigenvalue weighted by Gasteiger charge is 2.21. The summed E-state index contributed by atoms with van der Waals surface area (Å²) in [6.45, 7) is 0. The molecule has 0 aliphatic rings. The number of benzene rings is 3. The number of rotatable bonds is 2. The molecule has 5 heteroatoms. The van der Waals surface area contributed by atoms with E-state index in [1.807, 2.05) is 83.5 Å². The molecule has 0 fully saturated rings. The Balaban J connectivity index is 2.02. The molecule has 0 amide bonds. The van der Waals surface area contributed by atoms with Crippen molar-refractivity contribution < 1.29 is 0 Å². The highest BCUT2D eigenvalue weighted by atomic mass is 35.5. The van der Waals surface area contributed by atoms with Crippen molar-refractivity contribution in [3.05, 3.63) is 94.2 Å². The van der Waals surface area contributed by atoms with Gasteiger partial charge in [0, 0.05) is 23.0 Å². The van der Waals surface area contributed by atoms with Crippen LogP contribution in [0.25, 0.3) is 38.8 Å². The topological polar surface area (TPSA) is 39.8 Å². The lowest BCUT2D eigenvalue weighted by atomic mass is 10.1. The van der Waals surface area contributed by atoms with Gasteiger partial charge < -0.3 is 4.57 Å². The molecule has 0 bridgehead atoms. The summed E-state index contributed by atoms with van der Waals surface area (Å²) in [5.41, 5.74) is 3.98. The smallest absolute Gasteiger partial charge is 0.262 e. The molecule has 5 rings (SSSR count). The van der Waals surface area contributed by atoms with E-state index in [4.69, 9.17) is 16.7 Å². The maximum absolute atomic E-state index is 13.3. The molecule has 0 spiro atoms. The van der Waals surface area contributed by atoms with E-state index in [-0.39, 0.29) is 5.56 Å². The molecule has 5 aromatic rings. The molecule has 0 atom stereocenters. The Labute approximate surface area is 166 Å². The minimum atomic E-state index is -0.0687. The summed E-state index contributed by atoms with van der Waals surface area (Å²) in [4.78, 5) is 13.3. The van der Waals surface area contributed by atoms with E-state index in [1.54, 1.807) is 11.6 Å². The fourth-order valence-corrected chi connectivity index (χ4v) is 3.89. The number of aryl methyl sites for hydroxylation is 1. The first-order valence-corrected chi connectivity index (χ1v) is 9.35. The number of nitrogens with zero attached hydrogens (tertiary/aromatic N) is 3. The van der Waals surface area contributed by atoms with Crippen LogP contribution in [0.2, 0.25) is 5.02 Å². The summed E-state index contributed by atoms with van der Waals surface area (Å²) in [6, 6.07) is 25.2. The predicted molar refractivity (Wildman–Crippen MR) is 114 cm³/mol. The zero-order chi connectivity index (χ0) is 19.3. The van der Waals surface area contributed by atoms with Crippen molar-refractivity contribution in [3.8, 4) is 16.9 Å². The Kier molecular flexibility index (Phi) is 3.81. The number of hydrogen-bond acceptors (Lipinski definition) is 2. The Morgan fingerprint density at radius 2 is 1.64 bits per heavy atom. The van der Waals surface area contributed by atoms with E-state index < -0.39 is 0 Å². The molecule has 0 aliphatic heterocycles. The van der Waals surface area contributed by atoms with Crippen LogP contribution in [0.3, 0.4) is 0 Å². The maximum atomic E-state index is 13.3. The van der Waals surface area contributed by atoms with Gasteiger partial charge in [-0.25, -0.2) is 4.68 Å². The third-order valence-electron chi connectivity index (χ3n) is 5.02. The van der Waals surface area contributed by atoms with Crippen LogP contribution in [-0.2, 0) is 7.05 Å². The SMILES string of the molecule is Cn1c(=O)c2c(-c3ccccc3)nn(-c3cccc(Cl)c3)c2c2ccccc21. The second-order valence-electron chi connectivity index (χ2n) is 6.71. The molecule has 2 heterocycles. The molecule has 136 valence electrons. The van der Waals surface area contributed by atoms with Gasteiger partial charge >= 0.3 is 0 Å². The summed E-state index contributed by atoms with van der Waals surface area (Å²) in [5.74, 6) is 0. The van der Waals surface area contributed by atoms with Gasteiger partial charge in [-0.15, -0.1) is 0 Å². The van der Waals surface area contributed by atoms with Gasteiger partial charge in [0.2, 0.25) is 0 Å². The van der Waals surface area contributed by atoms with Crippen molar-refractivity contribution in [2.75, 3.05) is 0 Å². The van der Waals surface area contributed by atoms with Gasteiger partial charge in [-0.3, -0.25) is 4.79 Å². The minimum absolute atomic E-state index is 0.0687. The van der Waals surface area contributed by atoms with Gasteiger partial charge in [0.25, 0.3) is 5.56 Å². The van der Waals surface area contributed by atoms with Crippen molar-refractivity contribution in [3.63, 3.8) is 0 Å². The van der Waals surface area contributed by atoms with Gasteiger partial charge in [0.05, 0.1) is 22.1 Å². The first-order valence-electron chi connectivity index (χ1n) is 8.97. The summed E-state index contributed by atoms with van der Waals surface area (Å²) < 4.78 is 3.52. The van der Waals surface area contributed by atoms with Crippen LogP contribution < -0.4 is 5.56 Å². The largest absolute Gasteiger partial charge is 0.311 e. The molecule has 0 N–H and O–H groups in total. The standard InChI is InChI=1S/C23H16ClN3O/c1-26-19-13-6-5-12-18(19)22-20(23(26)28)21(15-8-3-2-4-9-15)25-27(22)17-11-7-10-16(24)14-17/h2-14H,1H3. The fraction of sp³-hybridized carbons (Fsp3) is 0.0435. The van der Waals surface area contributed by atoms with Gasteiger partial charge in [-0.1, -0.05) is 66.2 Å². The predicted octanol–water partition coefficient (Wildman–Crippen LogP) is 5.20. The quantitative estimate of drug-likeness (QED) is 0.419. The van der Waals surface area contributed by atoms with Gasteiger partial charge in [-0.05, 0) is 24.3 Å². The van der Waals surface area contributed by atoms with Crippen LogP contribution in [0.1, 0.15) is 0 Å². The van der Waals surface area contributed by atoms with E-state index in [2.05, 4.69) is 0 Å². The van der Waals surface area contributed by atoms with E-state index in [0.29, 0.717) is 16.1 Å². The number of pyridine rings is 1. The molecule has 0 aliphatic carbocycles. The molecule has 0 saturated heterocycles. The third kappa shape index (κ3) is 2.46. The fourth-order valence-electron chi connectivity index (χ4n) is 3.71. The van der Waals surface area contributed by atoms with Crippen LogP contribution in [0, 0.1) is 0 Å². The second-order valence-corrected chi connectivity index (χ2v) is 7.15. The molecule has 28 heavy (non-hydrogen) atoms. The van der Waals surface area contributed by atoms with Crippen LogP contribution >= 0.6 is 11.6 Å². The lowest BCUT2D eigenvalue weighted by Crippen LogP contribution is -2.17. The van der Waals surface area contributed by atoms with Crippen LogP contribution in [-0.4, -0.2) is 14.3 Å². The van der Waals surface area contributed by atoms with E-state index in [9.17, 15) is 4.79 Å². The van der Waals surface area contributed by atoms with E-state index >= 15 is 0 Å². The minimum Gasteiger partial charge on any atom is -0.311 e. The molecule has 0 radical (unpaired) electrons. The van der Waals surface area contributed by atoms with E-state index in [1.165, 1.54) is 0 Å². The molecule has 0 unspecified atom stereocenters. The Morgan fingerprint density at radius 1 is 0.893 bits per heavy atom. The molecular weight excluding hydrogens is 370 g/mol. The normalized spacial score (nSPS) is 11.4. The number of aromatic nitrogens is 3. The lowest BCUT2D eigenvalue weighted by molar-refractivity contribution is 0.910. The van der Waals surface area contributed by atoms with Crippen LogP contribution in [0.5, 0.6) is 0 Å². The third-order valence-corrected chi connectivity index (χ3v) is 5.26. The Bertz CT molecular complexity index is 1400. The first-order chi connectivity index (χ1) is 13.6. The number of halogens is 1. The van der Waals surface area contributed by atoms with Gasteiger partial charge in [0.1, 0.15) is 5.69 Å².